The summed E-state index contributed by atoms with van der Waals surface area (Å²) in [4.78, 5) is 12.1. The van der Waals surface area contributed by atoms with Crippen molar-refractivity contribution in [3.8, 4) is 5.75 Å². The molecule has 3 rings (SSSR count). The molecule has 2 N–H and O–H groups in total. The van der Waals surface area contributed by atoms with Crippen LogP contribution in [0.1, 0.15) is 35.2 Å². The lowest BCUT2D eigenvalue weighted by Gasteiger charge is -2.36. The average Bonchev–Trinajstić information content (AvgIpc) is 2.57. The maximum absolute atomic E-state index is 12.1. The van der Waals surface area contributed by atoms with E-state index in [0.717, 1.165) is 30.6 Å². The first kappa shape index (κ1) is 15.6. The van der Waals surface area contributed by atoms with Crippen molar-refractivity contribution in [3.05, 3.63) is 65.7 Å². The van der Waals surface area contributed by atoms with Crippen LogP contribution in [-0.4, -0.2) is 23.2 Å². The summed E-state index contributed by atoms with van der Waals surface area (Å²) in [5, 5.41) is 12.8. The molecule has 1 aliphatic carbocycles. The van der Waals surface area contributed by atoms with Gasteiger partial charge in [-0.1, -0.05) is 30.3 Å². The molecule has 1 aliphatic rings. The van der Waals surface area contributed by atoms with Gasteiger partial charge in [-0.2, -0.15) is 0 Å². The van der Waals surface area contributed by atoms with Crippen LogP contribution in [0.3, 0.4) is 0 Å². The quantitative estimate of drug-likeness (QED) is 0.862. The minimum absolute atomic E-state index is 0.152. The Kier molecular flexibility index (Phi) is 4.63. The van der Waals surface area contributed by atoms with Gasteiger partial charge in [-0.3, -0.25) is 4.79 Å². The van der Waals surface area contributed by atoms with Crippen molar-refractivity contribution >= 4 is 5.91 Å². The molecular weight excluding hydrogens is 290 g/mol. The van der Waals surface area contributed by atoms with E-state index < -0.39 is 5.60 Å². The highest BCUT2D eigenvalue weighted by Crippen LogP contribution is 2.30. The fourth-order valence-electron chi connectivity index (χ4n) is 2.54. The van der Waals surface area contributed by atoms with Crippen LogP contribution in [0, 0.1) is 0 Å². The number of amides is 1. The number of rotatable bonds is 6. The van der Waals surface area contributed by atoms with E-state index >= 15 is 0 Å². The van der Waals surface area contributed by atoms with Crippen molar-refractivity contribution in [2.24, 2.45) is 0 Å². The van der Waals surface area contributed by atoms with Crippen molar-refractivity contribution in [3.63, 3.8) is 0 Å². The predicted octanol–water partition coefficient (Wildman–Crippen LogP) is 2.91. The molecular formula is C19H21NO3. The van der Waals surface area contributed by atoms with E-state index in [1.54, 1.807) is 12.1 Å². The van der Waals surface area contributed by atoms with Gasteiger partial charge in [0.05, 0.1) is 5.60 Å². The van der Waals surface area contributed by atoms with Crippen molar-refractivity contribution in [2.45, 2.75) is 31.5 Å². The van der Waals surface area contributed by atoms with Crippen LogP contribution in [-0.2, 0) is 6.61 Å². The predicted molar refractivity (Wildman–Crippen MR) is 88.4 cm³/mol. The first-order chi connectivity index (χ1) is 11.1. The Labute approximate surface area is 136 Å². The molecule has 0 bridgehead atoms. The second-order valence-corrected chi connectivity index (χ2v) is 6.06. The summed E-state index contributed by atoms with van der Waals surface area (Å²) in [7, 11) is 0. The van der Waals surface area contributed by atoms with E-state index in [0.29, 0.717) is 18.7 Å². The molecule has 0 aliphatic heterocycles. The van der Waals surface area contributed by atoms with E-state index in [4.69, 9.17) is 4.74 Å². The third-order valence-electron chi connectivity index (χ3n) is 4.23. The first-order valence-corrected chi connectivity index (χ1v) is 7.92. The van der Waals surface area contributed by atoms with E-state index in [1.165, 1.54) is 0 Å². The summed E-state index contributed by atoms with van der Waals surface area (Å²) in [5.74, 6) is 0.670. The molecule has 4 nitrogen and oxygen atoms in total. The summed E-state index contributed by atoms with van der Waals surface area (Å²) in [5.41, 5.74) is 0.901. The van der Waals surface area contributed by atoms with Gasteiger partial charge >= 0.3 is 0 Å². The van der Waals surface area contributed by atoms with Crippen molar-refractivity contribution < 1.29 is 14.6 Å². The number of aliphatic hydroxyl groups is 1. The van der Waals surface area contributed by atoms with Crippen LogP contribution in [0.5, 0.6) is 5.75 Å². The van der Waals surface area contributed by atoms with Gasteiger partial charge in [-0.25, -0.2) is 0 Å². The molecule has 0 aromatic heterocycles. The van der Waals surface area contributed by atoms with Crippen LogP contribution in [0.4, 0.5) is 0 Å². The summed E-state index contributed by atoms with van der Waals surface area (Å²) in [6.07, 6.45) is 2.56. The fourth-order valence-corrected chi connectivity index (χ4v) is 2.54. The summed E-state index contributed by atoms with van der Waals surface area (Å²) < 4.78 is 5.67. The number of carbonyl (C=O) groups excluding carboxylic acids is 1. The lowest BCUT2D eigenvalue weighted by Crippen LogP contribution is -2.47. The van der Waals surface area contributed by atoms with Crippen LogP contribution in [0.2, 0.25) is 0 Å². The monoisotopic (exact) mass is 311 g/mol. The topological polar surface area (TPSA) is 58.6 Å². The molecule has 1 amide bonds. The minimum atomic E-state index is -0.695. The highest BCUT2D eigenvalue weighted by molar-refractivity contribution is 5.94. The third kappa shape index (κ3) is 4.11. The SMILES string of the molecule is O=C(NCC1(O)CCC1)c1ccc(COc2ccccc2)cc1. The van der Waals surface area contributed by atoms with Crippen LogP contribution in [0.15, 0.2) is 54.6 Å². The fraction of sp³-hybridized carbons (Fsp3) is 0.316. The zero-order valence-corrected chi connectivity index (χ0v) is 13.0. The highest BCUT2D eigenvalue weighted by atomic mass is 16.5. The Morgan fingerprint density at radius 2 is 1.78 bits per heavy atom. The molecule has 0 spiro atoms. The molecule has 2 aromatic carbocycles. The molecule has 23 heavy (non-hydrogen) atoms. The molecule has 2 aromatic rings. The lowest BCUT2D eigenvalue weighted by molar-refractivity contribution is -0.0300. The minimum Gasteiger partial charge on any atom is -0.489 e. The zero-order chi connectivity index (χ0) is 16.1. The second-order valence-electron chi connectivity index (χ2n) is 6.06. The molecule has 1 saturated carbocycles. The Morgan fingerprint density at radius 3 is 2.39 bits per heavy atom. The Balaban J connectivity index is 1.51. The maximum Gasteiger partial charge on any atom is 0.251 e. The van der Waals surface area contributed by atoms with E-state index in [1.807, 2.05) is 42.5 Å². The Hall–Kier alpha value is -2.33. The number of hydrogen-bond donors (Lipinski definition) is 2. The molecule has 0 unspecified atom stereocenters. The molecule has 1 fully saturated rings. The number of nitrogens with one attached hydrogen (secondary N) is 1. The van der Waals surface area contributed by atoms with Gasteiger partial charge in [0.25, 0.3) is 5.91 Å². The smallest absolute Gasteiger partial charge is 0.251 e. The lowest BCUT2D eigenvalue weighted by atomic mass is 9.80. The second kappa shape index (κ2) is 6.84. The molecule has 0 saturated heterocycles. The number of hydrogen-bond acceptors (Lipinski definition) is 3. The number of benzene rings is 2. The summed E-state index contributed by atoms with van der Waals surface area (Å²) >= 11 is 0. The van der Waals surface area contributed by atoms with Crippen LogP contribution >= 0.6 is 0 Å². The van der Waals surface area contributed by atoms with Crippen LogP contribution < -0.4 is 10.1 Å². The number of para-hydroxylation sites is 1. The van der Waals surface area contributed by atoms with Crippen molar-refractivity contribution in [1.29, 1.82) is 0 Å². The van der Waals surface area contributed by atoms with Gasteiger partial charge in [0.1, 0.15) is 12.4 Å². The standard InChI is InChI=1S/C19H21NO3/c21-18(20-14-19(22)11-4-12-19)16-9-7-15(8-10-16)13-23-17-5-2-1-3-6-17/h1-3,5-10,22H,4,11-14H2,(H,20,21). The normalized spacial score (nSPS) is 15.5. The largest absolute Gasteiger partial charge is 0.489 e. The van der Waals surface area contributed by atoms with Gasteiger partial charge < -0.3 is 15.2 Å². The molecule has 0 heterocycles. The van der Waals surface area contributed by atoms with Gasteiger partial charge in [-0.05, 0) is 49.1 Å². The van der Waals surface area contributed by atoms with Crippen molar-refractivity contribution in [1.82, 2.24) is 5.32 Å². The summed E-state index contributed by atoms with van der Waals surface area (Å²) in [6.45, 7) is 0.788. The van der Waals surface area contributed by atoms with Gasteiger partial charge in [-0.15, -0.1) is 0 Å². The number of ether oxygens (including phenoxy) is 1. The Morgan fingerprint density at radius 1 is 1.09 bits per heavy atom. The third-order valence-corrected chi connectivity index (χ3v) is 4.23. The Bertz CT molecular complexity index is 648. The zero-order valence-electron chi connectivity index (χ0n) is 13.0. The molecule has 0 radical (unpaired) electrons. The van der Waals surface area contributed by atoms with E-state index in [2.05, 4.69) is 5.32 Å². The molecule has 4 heteroatoms. The van der Waals surface area contributed by atoms with E-state index in [-0.39, 0.29) is 5.91 Å². The summed E-state index contributed by atoms with van der Waals surface area (Å²) in [6, 6.07) is 17.0. The highest BCUT2D eigenvalue weighted by Gasteiger charge is 2.34. The van der Waals surface area contributed by atoms with Crippen LogP contribution in [0.25, 0.3) is 0 Å². The first-order valence-electron chi connectivity index (χ1n) is 7.92. The van der Waals surface area contributed by atoms with E-state index in [9.17, 15) is 9.90 Å². The van der Waals surface area contributed by atoms with Gasteiger partial charge in [0, 0.05) is 12.1 Å². The molecule has 120 valence electrons. The van der Waals surface area contributed by atoms with Crippen molar-refractivity contribution in [2.75, 3.05) is 6.54 Å². The van der Waals surface area contributed by atoms with Gasteiger partial charge in [0.15, 0.2) is 0 Å². The molecule has 0 atom stereocenters. The average molecular weight is 311 g/mol. The maximum atomic E-state index is 12.1. The number of carbonyl (C=O) groups is 1. The van der Waals surface area contributed by atoms with Gasteiger partial charge in [0.2, 0.25) is 0 Å².